The van der Waals surface area contributed by atoms with E-state index < -0.39 is 0 Å². The Morgan fingerprint density at radius 3 is 2.61 bits per heavy atom. The van der Waals surface area contributed by atoms with Gasteiger partial charge in [0.05, 0.1) is 17.6 Å². The molecule has 0 aliphatic rings. The predicted octanol–water partition coefficient (Wildman–Crippen LogP) is 1.99. The van der Waals surface area contributed by atoms with Crippen LogP contribution in [0.15, 0.2) is 42.6 Å². The number of nitrogens with two attached hydrogens (primary N) is 1. The Kier molecular flexibility index (Phi) is 2.53. The molecule has 3 aromatic rings. The molecule has 90 valence electrons. The molecule has 0 amide bonds. The molecule has 0 atom stereocenters. The van der Waals surface area contributed by atoms with Gasteiger partial charge in [0.15, 0.2) is 5.65 Å². The van der Waals surface area contributed by atoms with Crippen molar-refractivity contribution in [2.75, 3.05) is 0 Å². The third-order valence-electron chi connectivity index (χ3n) is 2.78. The smallest absolute Gasteiger partial charge is 0.153 e. The highest BCUT2D eigenvalue weighted by atomic mass is 19.1. The van der Waals surface area contributed by atoms with Gasteiger partial charge in [0.1, 0.15) is 5.82 Å². The van der Waals surface area contributed by atoms with Gasteiger partial charge in [-0.15, -0.1) is 0 Å². The largest absolute Gasteiger partial charge is 0.325 e. The van der Waals surface area contributed by atoms with E-state index in [1.54, 1.807) is 22.8 Å². The lowest BCUT2D eigenvalue weighted by Gasteiger charge is -2.03. The van der Waals surface area contributed by atoms with E-state index >= 15 is 0 Å². The SMILES string of the molecule is NCc1cnc2ccc(-c3ccc(F)cc3)nn12. The standard InChI is InChI=1S/C13H11FN4/c14-10-3-1-9(2-4-10)12-5-6-13-16-8-11(7-15)18(13)17-12/h1-6,8H,7,15H2. The fraction of sp³-hybridized carbons (Fsp3) is 0.0769. The Bertz CT molecular complexity index is 688. The molecular weight excluding hydrogens is 231 g/mol. The monoisotopic (exact) mass is 242 g/mol. The molecule has 0 aliphatic heterocycles. The van der Waals surface area contributed by atoms with Crippen molar-refractivity contribution >= 4 is 5.65 Å². The second-order valence-electron chi connectivity index (χ2n) is 3.95. The molecule has 3 rings (SSSR count). The first-order chi connectivity index (χ1) is 8.78. The van der Waals surface area contributed by atoms with Crippen molar-refractivity contribution in [1.29, 1.82) is 0 Å². The number of halogens is 1. The normalized spacial score (nSPS) is 11.0. The number of imidazole rings is 1. The zero-order valence-corrected chi connectivity index (χ0v) is 9.55. The fourth-order valence-electron chi connectivity index (χ4n) is 1.83. The van der Waals surface area contributed by atoms with Crippen LogP contribution in [-0.2, 0) is 6.54 Å². The van der Waals surface area contributed by atoms with Gasteiger partial charge in [-0.3, -0.25) is 0 Å². The first-order valence-corrected chi connectivity index (χ1v) is 5.57. The summed E-state index contributed by atoms with van der Waals surface area (Å²) in [5, 5.41) is 4.46. The molecule has 2 heterocycles. The molecule has 1 aromatic carbocycles. The molecule has 2 N–H and O–H groups in total. The average molecular weight is 242 g/mol. The number of aromatic nitrogens is 3. The van der Waals surface area contributed by atoms with Gasteiger partial charge in [-0.1, -0.05) is 0 Å². The van der Waals surface area contributed by atoms with Crippen LogP contribution in [0.4, 0.5) is 4.39 Å². The van der Waals surface area contributed by atoms with Crippen molar-refractivity contribution in [2.24, 2.45) is 5.73 Å². The van der Waals surface area contributed by atoms with Crippen molar-refractivity contribution in [2.45, 2.75) is 6.54 Å². The van der Waals surface area contributed by atoms with Gasteiger partial charge in [0.25, 0.3) is 0 Å². The summed E-state index contributed by atoms with van der Waals surface area (Å²) < 4.78 is 14.6. The lowest BCUT2D eigenvalue weighted by molar-refractivity contribution is 0.628. The minimum Gasteiger partial charge on any atom is -0.325 e. The van der Waals surface area contributed by atoms with Crippen molar-refractivity contribution in [3.05, 3.63) is 54.1 Å². The molecule has 2 aromatic heterocycles. The van der Waals surface area contributed by atoms with Crippen LogP contribution in [0.5, 0.6) is 0 Å². The number of fused-ring (bicyclic) bond motifs is 1. The summed E-state index contributed by atoms with van der Waals surface area (Å²) in [5.41, 5.74) is 8.83. The van der Waals surface area contributed by atoms with E-state index in [1.165, 1.54) is 12.1 Å². The van der Waals surface area contributed by atoms with Crippen molar-refractivity contribution in [1.82, 2.24) is 14.6 Å². The summed E-state index contributed by atoms with van der Waals surface area (Å²) in [6, 6.07) is 9.95. The number of hydrogen-bond acceptors (Lipinski definition) is 3. The Hall–Kier alpha value is -2.27. The number of hydrogen-bond donors (Lipinski definition) is 1. The van der Waals surface area contributed by atoms with E-state index in [2.05, 4.69) is 10.1 Å². The molecule has 0 aliphatic carbocycles. The molecular formula is C13H11FN4. The quantitative estimate of drug-likeness (QED) is 0.747. The highest BCUT2D eigenvalue weighted by Crippen LogP contribution is 2.18. The Balaban J connectivity index is 2.14. The van der Waals surface area contributed by atoms with Gasteiger partial charge in [0, 0.05) is 12.1 Å². The summed E-state index contributed by atoms with van der Waals surface area (Å²) in [6.07, 6.45) is 1.71. The lowest BCUT2D eigenvalue weighted by atomic mass is 10.1. The predicted molar refractivity (Wildman–Crippen MR) is 66.3 cm³/mol. The van der Waals surface area contributed by atoms with Crippen molar-refractivity contribution in [3.63, 3.8) is 0 Å². The summed E-state index contributed by atoms with van der Waals surface area (Å²) in [7, 11) is 0. The topological polar surface area (TPSA) is 56.2 Å². The second-order valence-corrected chi connectivity index (χ2v) is 3.95. The van der Waals surface area contributed by atoms with E-state index in [-0.39, 0.29) is 5.82 Å². The maximum atomic E-state index is 12.9. The third kappa shape index (κ3) is 1.74. The zero-order valence-electron chi connectivity index (χ0n) is 9.55. The minimum absolute atomic E-state index is 0.259. The highest BCUT2D eigenvalue weighted by Gasteiger charge is 2.05. The minimum atomic E-state index is -0.259. The van der Waals surface area contributed by atoms with Crippen LogP contribution in [0.2, 0.25) is 0 Å². The van der Waals surface area contributed by atoms with Gasteiger partial charge in [-0.2, -0.15) is 5.10 Å². The molecule has 0 radical (unpaired) electrons. The van der Waals surface area contributed by atoms with E-state index in [4.69, 9.17) is 5.73 Å². The molecule has 0 spiro atoms. The van der Waals surface area contributed by atoms with Crippen LogP contribution in [-0.4, -0.2) is 14.6 Å². The Morgan fingerprint density at radius 1 is 1.11 bits per heavy atom. The molecule has 0 bridgehead atoms. The molecule has 0 saturated carbocycles. The van der Waals surface area contributed by atoms with Gasteiger partial charge in [-0.05, 0) is 36.4 Å². The average Bonchev–Trinajstić information content (AvgIpc) is 2.81. The summed E-state index contributed by atoms with van der Waals surface area (Å²) >= 11 is 0. The molecule has 0 saturated heterocycles. The Labute approximate surface area is 103 Å². The van der Waals surface area contributed by atoms with Gasteiger partial charge >= 0.3 is 0 Å². The van der Waals surface area contributed by atoms with Gasteiger partial charge in [-0.25, -0.2) is 13.9 Å². The van der Waals surface area contributed by atoms with Crippen LogP contribution >= 0.6 is 0 Å². The van der Waals surface area contributed by atoms with Crippen LogP contribution in [0.3, 0.4) is 0 Å². The van der Waals surface area contributed by atoms with E-state index in [9.17, 15) is 4.39 Å². The maximum absolute atomic E-state index is 12.9. The van der Waals surface area contributed by atoms with Crippen LogP contribution in [0.1, 0.15) is 5.69 Å². The third-order valence-corrected chi connectivity index (χ3v) is 2.78. The summed E-state index contributed by atoms with van der Waals surface area (Å²) in [5.74, 6) is -0.259. The molecule has 4 nitrogen and oxygen atoms in total. The van der Waals surface area contributed by atoms with Crippen LogP contribution < -0.4 is 5.73 Å². The molecule has 0 unspecified atom stereocenters. The maximum Gasteiger partial charge on any atom is 0.153 e. The first kappa shape index (κ1) is 10.9. The zero-order chi connectivity index (χ0) is 12.5. The Morgan fingerprint density at radius 2 is 1.89 bits per heavy atom. The summed E-state index contributed by atoms with van der Waals surface area (Å²) in [6.45, 7) is 0.376. The van der Waals surface area contributed by atoms with Gasteiger partial charge < -0.3 is 5.73 Å². The highest BCUT2D eigenvalue weighted by molar-refractivity contribution is 5.60. The number of rotatable bonds is 2. The van der Waals surface area contributed by atoms with Crippen molar-refractivity contribution in [3.8, 4) is 11.3 Å². The van der Waals surface area contributed by atoms with E-state index in [1.807, 2.05) is 12.1 Å². The number of nitrogens with zero attached hydrogens (tertiary/aromatic N) is 3. The summed E-state index contributed by atoms with van der Waals surface area (Å²) in [4.78, 5) is 4.20. The second kappa shape index (κ2) is 4.19. The molecule has 5 heteroatoms. The van der Waals surface area contributed by atoms with Crippen molar-refractivity contribution < 1.29 is 4.39 Å². The van der Waals surface area contributed by atoms with E-state index in [0.717, 1.165) is 22.6 Å². The first-order valence-electron chi connectivity index (χ1n) is 5.57. The van der Waals surface area contributed by atoms with Crippen LogP contribution in [0.25, 0.3) is 16.9 Å². The van der Waals surface area contributed by atoms with Crippen LogP contribution in [0, 0.1) is 5.82 Å². The lowest BCUT2D eigenvalue weighted by Crippen LogP contribution is -2.04. The molecule has 0 fully saturated rings. The van der Waals surface area contributed by atoms with E-state index in [0.29, 0.717) is 6.54 Å². The fourth-order valence-corrected chi connectivity index (χ4v) is 1.83. The van der Waals surface area contributed by atoms with Gasteiger partial charge in [0.2, 0.25) is 0 Å². The molecule has 18 heavy (non-hydrogen) atoms. The number of benzene rings is 1.